The van der Waals surface area contributed by atoms with Gasteiger partial charge in [0.2, 0.25) is 24.5 Å². The van der Waals surface area contributed by atoms with E-state index in [1.54, 1.807) is 25.1 Å². The summed E-state index contributed by atoms with van der Waals surface area (Å²) in [4.78, 5) is 40.6. The summed E-state index contributed by atoms with van der Waals surface area (Å²) in [7, 11) is -1.79. The molecular weight excluding hydrogens is 506 g/mol. The molecule has 4 rings (SSSR count). The lowest BCUT2D eigenvalue weighted by Crippen LogP contribution is -2.52. The first kappa shape index (κ1) is 27.6. The maximum atomic E-state index is 13.5. The van der Waals surface area contributed by atoms with Gasteiger partial charge in [0, 0.05) is 34.3 Å². The topological polar surface area (TPSA) is 114 Å². The molecule has 0 unspecified atom stereocenters. The lowest BCUT2D eigenvalue weighted by atomic mass is 9.95. The summed E-state index contributed by atoms with van der Waals surface area (Å²) in [5.41, 5.74) is 2.94. The number of hydrogen-bond acceptors (Lipinski definition) is 6. The molecular formula is C28H35N3O6S. The highest BCUT2D eigenvalue weighted by Crippen LogP contribution is 2.34. The second-order valence-corrected chi connectivity index (χ2v) is 11.4. The van der Waals surface area contributed by atoms with Gasteiger partial charge < -0.3 is 20.1 Å². The highest BCUT2D eigenvalue weighted by atomic mass is 32.2. The van der Waals surface area contributed by atoms with Crippen LogP contribution in [0.5, 0.6) is 11.5 Å². The Bertz CT molecular complexity index is 1230. The first-order valence-electron chi connectivity index (χ1n) is 13.0. The molecule has 0 bridgehead atoms. The van der Waals surface area contributed by atoms with Crippen LogP contribution >= 0.6 is 0 Å². The van der Waals surface area contributed by atoms with Gasteiger partial charge in [-0.1, -0.05) is 37.0 Å². The summed E-state index contributed by atoms with van der Waals surface area (Å²) in [6.07, 6.45) is 5.18. The number of benzene rings is 2. The van der Waals surface area contributed by atoms with Gasteiger partial charge in [0.1, 0.15) is 17.5 Å². The van der Waals surface area contributed by atoms with Crippen molar-refractivity contribution in [2.75, 3.05) is 28.5 Å². The summed E-state index contributed by atoms with van der Waals surface area (Å²) in [5.74, 6) is -0.842. The van der Waals surface area contributed by atoms with Crippen LogP contribution in [0.2, 0.25) is 0 Å². The van der Waals surface area contributed by atoms with E-state index in [4.69, 9.17) is 9.47 Å². The maximum Gasteiger partial charge on any atom is 0.243 e. The number of fused-ring (bicyclic) bond motifs is 1. The van der Waals surface area contributed by atoms with E-state index in [1.165, 1.54) is 11.3 Å². The molecule has 38 heavy (non-hydrogen) atoms. The second kappa shape index (κ2) is 12.4. The number of carbonyl (C=O) groups is 3. The van der Waals surface area contributed by atoms with Crippen LogP contribution in [-0.2, 0) is 25.2 Å². The zero-order valence-electron chi connectivity index (χ0n) is 22.1. The summed E-state index contributed by atoms with van der Waals surface area (Å²) in [5, 5.41) is 5.78. The van der Waals surface area contributed by atoms with E-state index in [-0.39, 0.29) is 30.2 Å². The number of rotatable bonds is 9. The Morgan fingerprint density at radius 3 is 2.47 bits per heavy atom. The molecule has 1 heterocycles. The van der Waals surface area contributed by atoms with Crippen LogP contribution in [0, 0.1) is 13.8 Å². The zero-order chi connectivity index (χ0) is 27.2. The Hall–Kier alpha value is -3.40. The van der Waals surface area contributed by atoms with E-state index in [2.05, 4.69) is 10.6 Å². The molecule has 0 aromatic heterocycles. The van der Waals surface area contributed by atoms with Crippen LogP contribution in [0.3, 0.4) is 0 Å². The monoisotopic (exact) mass is 541 g/mol. The summed E-state index contributed by atoms with van der Waals surface area (Å²) in [6, 6.07) is 9.90. The number of nitrogens with zero attached hydrogens (tertiary/aromatic N) is 1. The molecule has 1 aliphatic carbocycles. The first-order chi connectivity index (χ1) is 18.2. The van der Waals surface area contributed by atoms with Crippen LogP contribution < -0.4 is 25.0 Å². The Morgan fingerprint density at radius 2 is 1.74 bits per heavy atom. The quantitative estimate of drug-likeness (QED) is 0.502. The lowest BCUT2D eigenvalue weighted by molar-refractivity contribution is -0.126. The minimum Gasteiger partial charge on any atom is -0.454 e. The molecule has 0 saturated heterocycles. The van der Waals surface area contributed by atoms with Gasteiger partial charge in [0.15, 0.2) is 11.5 Å². The second-order valence-electron chi connectivity index (χ2n) is 9.92. The van der Waals surface area contributed by atoms with E-state index < -0.39 is 28.7 Å². The summed E-state index contributed by atoms with van der Waals surface area (Å²) in [6.45, 7) is 5.64. The first-order valence-corrected chi connectivity index (χ1v) is 14.4. The number of aryl methyl sites for hydroxylation is 2. The van der Waals surface area contributed by atoms with E-state index in [1.807, 2.05) is 32.0 Å². The Balaban J connectivity index is 1.43. The molecule has 3 amide bonds. The fourth-order valence-electron chi connectivity index (χ4n) is 4.90. The molecule has 9 nitrogen and oxygen atoms in total. The highest BCUT2D eigenvalue weighted by Gasteiger charge is 2.31. The standard InChI is InChI=1S/C28H35N3O6S/c1-18-9-11-23(19(2)13-18)31(20(3)28(34)30-21-7-5-4-6-8-21)27(33)16-38(35)15-26(32)29-22-10-12-24-25(14-22)37-17-36-24/h9-14,20-21H,4-8,15-17H2,1-3H3,(H,29,32)(H,30,34)/t20-,38-/m1/s1. The van der Waals surface area contributed by atoms with E-state index in [0.29, 0.717) is 22.9 Å². The van der Waals surface area contributed by atoms with Gasteiger partial charge in [-0.2, -0.15) is 0 Å². The SMILES string of the molecule is Cc1ccc(N(C(=O)C[S@](=O)CC(=O)Nc2ccc3c(c2)OCO3)[C@H](C)C(=O)NC2CCCCC2)c(C)c1. The van der Waals surface area contributed by atoms with Crippen molar-refractivity contribution >= 4 is 39.9 Å². The zero-order valence-corrected chi connectivity index (χ0v) is 22.9. The number of hydrogen-bond donors (Lipinski definition) is 2. The number of ether oxygens (including phenoxy) is 2. The average molecular weight is 542 g/mol. The fourth-order valence-corrected chi connectivity index (χ4v) is 5.78. The molecule has 0 spiro atoms. The third kappa shape index (κ3) is 6.92. The van der Waals surface area contributed by atoms with E-state index in [0.717, 1.165) is 36.8 Å². The summed E-state index contributed by atoms with van der Waals surface area (Å²) >= 11 is 0. The number of carbonyl (C=O) groups excluding carboxylic acids is 3. The van der Waals surface area contributed by atoms with Gasteiger partial charge >= 0.3 is 0 Å². The van der Waals surface area contributed by atoms with Crippen molar-refractivity contribution in [3.05, 3.63) is 47.5 Å². The van der Waals surface area contributed by atoms with Crippen LogP contribution in [0.15, 0.2) is 36.4 Å². The molecule has 2 atom stereocenters. The minimum atomic E-state index is -1.79. The average Bonchev–Trinajstić information content (AvgIpc) is 3.33. The molecule has 1 fully saturated rings. The molecule has 0 radical (unpaired) electrons. The van der Waals surface area contributed by atoms with Crippen molar-refractivity contribution in [1.29, 1.82) is 0 Å². The van der Waals surface area contributed by atoms with Gasteiger partial charge in [-0.15, -0.1) is 0 Å². The van der Waals surface area contributed by atoms with E-state index >= 15 is 0 Å². The van der Waals surface area contributed by atoms with Crippen LogP contribution in [-0.4, -0.2) is 52.3 Å². The molecule has 1 saturated carbocycles. The van der Waals surface area contributed by atoms with Crippen molar-refractivity contribution in [3.8, 4) is 11.5 Å². The van der Waals surface area contributed by atoms with Crippen molar-refractivity contribution in [1.82, 2.24) is 5.32 Å². The van der Waals surface area contributed by atoms with Gasteiger partial charge in [0.05, 0.1) is 0 Å². The molecule has 2 aromatic carbocycles. The largest absolute Gasteiger partial charge is 0.454 e. The van der Waals surface area contributed by atoms with Crippen LogP contribution in [0.1, 0.15) is 50.2 Å². The fraction of sp³-hybridized carbons (Fsp3) is 0.464. The number of nitrogens with one attached hydrogen (secondary N) is 2. The predicted molar refractivity (Wildman–Crippen MR) is 147 cm³/mol. The molecule has 204 valence electrons. The molecule has 2 N–H and O–H groups in total. The third-order valence-corrected chi connectivity index (χ3v) is 7.98. The summed E-state index contributed by atoms with van der Waals surface area (Å²) < 4.78 is 23.5. The Kier molecular flexibility index (Phi) is 9.04. The Morgan fingerprint density at radius 1 is 1.00 bits per heavy atom. The number of anilines is 2. The van der Waals surface area contributed by atoms with E-state index in [9.17, 15) is 18.6 Å². The van der Waals surface area contributed by atoms with Crippen molar-refractivity contribution in [2.45, 2.75) is 65.0 Å². The smallest absolute Gasteiger partial charge is 0.243 e. The third-order valence-electron chi connectivity index (χ3n) is 6.83. The molecule has 10 heteroatoms. The van der Waals surface area contributed by atoms with Crippen molar-refractivity contribution in [3.63, 3.8) is 0 Å². The molecule has 2 aliphatic rings. The highest BCUT2D eigenvalue weighted by molar-refractivity contribution is 7.86. The van der Waals surface area contributed by atoms with Crippen molar-refractivity contribution in [2.24, 2.45) is 0 Å². The van der Waals surface area contributed by atoms with Gasteiger partial charge in [0.25, 0.3) is 0 Å². The van der Waals surface area contributed by atoms with Gasteiger partial charge in [-0.3, -0.25) is 23.5 Å². The lowest BCUT2D eigenvalue weighted by Gasteiger charge is -2.32. The molecule has 2 aromatic rings. The van der Waals surface area contributed by atoms with Gasteiger partial charge in [-0.05, 0) is 57.4 Å². The van der Waals surface area contributed by atoms with Crippen molar-refractivity contribution < 1.29 is 28.1 Å². The number of amides is 3. The minimum absolute atomic E-state index is 0.101. The molecule has 1 aliphatic heterocycles. The van der Waals surface area contributed by atoms with Gasteiger partial charge in [-0.25, -0.2) is 0 Å². The predicted octanol–water partition coefficient (Wildman–Crippen LogP) is 3.59. The Labute approximate surface area is 225 Å². The van der Waals surface area contributed by atoms with Crippen LogP contribution in [0.4, 0.5) is 11.4 Å². The van der Waals surface area contributed by atoms with Crippen LogP contribution in [0.25, 0.3) is 0 Å². The maximum absolute atomic E-state index is 13.5. The normalized spacial score (nSPS) is 16.4.